The molecule has 0 amide bonds. The Labute approximate surface area is 452 Å². The third-order valence-corrected chi connectivity index (χ3v) is 13.4. The van der Waals surface area contributed by atoms with Crippen molar-refractivity contribution in [3.8, 4) is 0 Å². The summed E-state index contributed by atoms with van der Waals surface area (Å²) in [6, 6.07) is 0. The molecule has 0 aromatic rings. The second-order valence-electron chi connectivity index (χ2n) is 20.1. The monoisotopic (exact) mass is 1060 g/mol. The molecule has 0 bridgehead atoms. The van der Waals surface area contributed by atoms with Gasteiger partial charge in [0.15, 0.2) is 12.6 Å². The SMILES string of the molecule is CC/C=C\C/C=C\C/C=C\C/C=C\CCCCCCC(=O)OC(COCCCCCCCCCCC/C=C\C/C=C\C/C=C\CCCCCCC)COC1OC(COC2OC(CO)C(O)C(O)C2O)C(O)C(O)C1O. The summed E-state index contributed by atoms with van der Waals surface area (Å²) in [5, 5.41) is 72.3. The summed E-state index contributed by atoms with van der Waals surface area (Å²) in [5.41, 5.74) is 0. The summed E-state index contributed by atoms with van der Waals surface area (Å²) in [7, 11) is 0. The highest BCUT2D eigenvalue weighted by Crippen LogP contribution is 2.26. The molecule has 0 aromatic heterocycles. The van der Waals surface area contributed by atoms with E-state index in [4.69, 9.17) is 28.4 Å². The van der Waals surface area contributed by atoms with Crippen molar-refractivity contribution in [1.82, 2.24) is 0 Å². The fourth-order valence-corrected chi connectivity index (χ4v) is 8.69. The smallest absolute Gasteiger partial charge is 0.306 e. The number of hydrogen-bond acceptors (Lipinski definition) is 14. The molecule has 75 heavy (non-hydrogen) atoms. The van der Waals surface area contributed by atoms with Crippen LogP contribution in [0.25, 0.3) is 0 Å². The van der Waals surface area contributed by atoms with Gasteiger partial charge in [-0.1, -0.05) is 182 Å². The number of hydrogen-bond donors (Lipinski definition) is 7. The minimum atomic E-state index is -1.72. The van der Waals surface area contributed by atoms with E-state index in [0.717, 1.165) is 89.9 Å². The van der Waals surface area contributed by atoms with Gasteiger partial charge in [0.25, 0.3) is 0 Å². The van der Waals surface area contributed by atoms with E-state index in [1.165, 1.54) is 77.0 Å². The first-order valence-corrected chi connectivity index (χ1v) is 29.2. The first kappa shape index (κ1) is 68.3. The maximum atomic E-state index is 13.1. The number of allylic oxidation sites excluding steroid dienone is 14. The first-order chi connectivity index (χ1) is 36.6. The Morgan fingerprint density at radius 2 is 0.867 bits per heavy atom. The van der Waals surface area contributed by atoms with Crippen molar-refractivity contribution >= 4 is 5.97 Å². The average Bonchev–Trinajstić information content (AvgIpc) is 3.41. The zero-order valence-corrected chi connectivity index (χ0v) is 46.3. The van der Waals surface area contributed by atoms with E-state index < -0.39 is 86.7 Å². The van der Waals surface area contributed by atoms with Crippen molar-refractivity contribution in [3.05, 3.63) is 85.1 Å². The number of aliphatic hydroxyl groups is 7. The lowest BCUT2D eigenvalue weighted by Gasteiger charge is -2.42. The molecule has 2 heterocycles. The van der Waals surface area contributed by atoms with Gasteiger partial charge >= 0.3 is 5.97 Å². The first-order valence-electron chi connectivity index (χ1n) is 29.2. The van der Waals surface area contributed by atoms with E-state index in [1.54, 1.807) is 0 Å². The maximum Gasteiger partial charge on any atom is 0.306 e. The van der Waals surface area contributed by atoms with Crippen molar-refractivity contribution in [2.75, 3.05) is 33.0 Å². The Morgan fingerprint density at radius 1 is 0.453 bits per heavy atom. The van der Waals surface area contributed by atoms with Gasteiger partial charge in [0.2, 0.25) is 0 Å². The molecule has 14 heteroatoms. The number of unbranched alkanes of at least 4 members (excludes halogenated alkanes) is 18. The second kappa shape index (κ2) is 47.2. The molecule has 0 saturated carbocycles. The highest BCUT2D eigenvalue weighted by atomic mass is 16.7. The molecule has 2 saturated heterocycles. The number of carbonyl (C=O) groups is 1. The second-order valence-corrected chi connectivity index (χ2v) is 20.1. The van der Waals surface area contributed by atoms with Gasteiger partial charge in [-0.2, -0.15) is 0 Å². The molecule has 7 N–H and O–H groups in total. The topological polar surface area (TPSA) is 214 Å². The van der Waals surface area contributed by atoms with Crippen molar-refractivity contribution in [2.45, 2.75) is 261 Å². The van der Waals surface area contributed by atoms with Gasteiger partial charge in [-0.3, -0.25) is 4.79 Å². The lowest BCUT2D eigenvalue weighted by atomic mass is 9.98. The third-order valence-electron chi connectivity index (χ3n) is 13.4. The van der Waals surface area contributed by atoms with Gasteiger partial charge in [-0.25, -0.2) is 0 Å². The van der Waals surface area contributed by atoms with E-state index in [0.29, 0.717) is 13.0 Å². The van der Waals surface area contributed by atoms with E-state index >= 15 is 0 Å². The fourth-order valence-electron chi connectivity index (χ4n) is 8.69. The molecule has 432 valence electrons. The molecule has 0 aromatic carbocycles. The van der Waals surface area contributed by atoms with E-state index in [-0.39, 0.29) is 19.6 Å². The fraction of sp³-hybridized carbons (Fsp3) is 0.754. The molecule has 2 aliphatic rings. The Morgan fingerprint density at radius 3 is 1.36 bits per heavy atom. The molecule has 14 nitrogen and oxygen atoms in total. The number of rotatable bonds is 46. The lowest BCUT2D eigenvalue weighted by molar-refractivity contribution is -0.332. The van der Waals surface area contributed by atoms with Crippen LogP contribution in [0.2, 0.25) is 0 Å². The van der Waals surface area contributed by atoms with Crippen LogP contribution in [0.3, 0.4) is 0 Å². The maximum absolute atomic E-state index is 13.1. The predicted octanol–water partition coefficient (Wildman–Crippen LogP) is 10.4. The minimum absolute atomic E-state index is 0.0428. The molecule has 2 aliphatic heterocycles. The van der Waals surface area contributed by atoms with Gasteiger partial charge in [0.05, 0.1) is 26.4 Å². The molecule has 2 fully saturated rings. The molecule has 0 aliphatic carbocycles. The van der Waals surface area contributed by atoms with Crippen LogP contribution in [-0.2, 0) is 33.2 Å². The Bertz CT molecular complexity index is 1560. The van der Waals surface area contributed by atoms with E-state index in [1.807, 2.05) is 0 Å². The minimum Gasteiger partial charge on any atom is -0.457 e. The van der Waals surface area contributed by atoms with Gasteiger partial charge in [0, 0.05) is 13.0 Å². The molecule has 0 radical (unpaired) electrons. The zero-order chi connectivity index (χ0) is 54.4. The van der Waals surface area contributed by atoms with Crippen LogP contribution in [0.15, 0.2) is 85.1 Å². The average molecular weight is 1060 g/mol. The largest absolute Gasteiger partial charge is 0.457 e. The Hall–Kier alpha value is -2.83. The summed E-state index contributed by atoms with van der Waals surface area (Å²) >= 11 is 0. The number of aliphatic hydroxyl groups excluding tert-OH is 7. The van der Waals surface area contributed by atoms with Crippen LogP contribution < -0.4 is 0 Å². The number of esters is 1. The van der Waals surface area contributed by atoms with Crippen molar-refractivity contribution in [1.29, 1.82) is 0 Å². The van der Waals surface area contributed by atoms with Crippen molar-refractivity contribution < 1.29 is 69.0 Å². The summed E-state index contributed by atoms with van der Waals surface area (Å²) < 4.78 is 34.4. The zero-order valence-electron chi connectivity index (χ0n) is 46.3. The molecule has 2 rings (SSSR count). The van der Waals surface area contributed by atoms with Crippen molar-refractivity contribution in [3.63, 3.8) is 0 Å². The van der Waals surface area contributed by atoms with Crippen molar-refractivity contribution in [2.24, 2.45) is 0 Å². The summed E-state index contributed by atoms with van der Waals surface area (Å²) in [5.74, 6) is -0.403. The van der Waals surface area contributed by atoms with Gasteiger partial charge in [-0.15, -0.1) is 0 Å². The van der Waals surface area contributed by atoms with Crippen LogP contribution in [-0.4, -0.2) is 142 Å². The standard InChI is InChI=1S/C61H104O14/c1-3-5-7-9-11-13-15-17-19-21-22-23-24-25-26-27-29-31-33-35-37-39-41-43-45-70-47-50(73-53(63)44-42-40-38-36-34-32-30-28-20-18-16-14-12-10-8-6-4-2)48-71-60-59(69)57(67)55(65)52(75-60)49-72-61-58(68)56(66)54(64)51(46-62)74-61/h6,8,12,14-15,17-18,20-22,24-25,30,32,50-52,54-62,64-69H,3-5,7,9-11,13,16,19,23,26-29,31,33-49H2,1-2H3/b8-6-,14-12-,17-15-,20-18-,22-21-,25-24-,32-30-. The molecular formula is C61H104O14. The lowest BCUT2D eigenvalue weighted by Crippen LogP contribution is -2.61. The molecule has 11 atom stereocenters. The Balaban J connectivity index is 1.72. The van der Waals surface area contributed by atoms with Crippen LogP contribution in [0.5, 0.6) is 0 Å². The number of carbonyl (C=O) groups excluding carboxylic acids is 1. The van der Waals surface area contributed by atoms with Crippen LogP contribution in [0.4, 0.5) is 0 Å². The quantitative estimate of drug-likeness (QED) is 0.0172. The van der Waals surface area contributed by atoms with Gasteiger partial charge < -0.3 is 64.2 Å². The van der Waals surface area contributed by atoms with Gasteiger partial charge in [0.1, 0.15) is 54.9 Å². The van der Waals surface area contributed by atoms with E-state index in [9.17, 15) is 40.5 Å². The molecule has 0 spiro atoms. The normalized spacial score (nSPS) is 25.2. The van der Waals surface area contributed by atoms with Gasteiger partial charge in [-0.05, 0) is 89.9 Å². The summed E-state index contributed by atoms with van der Waals surface area (Å²) in [6.45, 7) is 3.51. The summed E-state index contributed by atoms with van der Waals surface area (Å²) in [6.07, 6.45) is 45.0. The van der Waals surface area contributed by atoms with E-state index in [2.05, 4.69) is 98.9 Å². The molecular weight excluding hydrogens is 957 g/mol. The summed E-state index contributed by atoms with van der Waals surface area (Å²) in [4.78, 5) is 13.1. The number of ether oxygens (including phenoxy) is 6. The predicted molar refractivity (Wildman–Crippen MR) is 298 cm³/mol. The van der Waals surface area contributed by atoms with Crippen LogP contribution in [0, 0.1) is 0 Å². The third kappa shape index (κ3) is 33.9. The van der Waals surface area contributed by atoms with Crippen LogP contribution >= 0.6 is 0 Å². The van der Waals surface area contributed by atoms with Crippen LogP contribution in [0.1, 0.15) is 194 Å². The Kier molecular flexibility index (Phi) is 43.0. The highest BCUT2D eigenvalue weighted by Gasteiger charge is 2.47. The highest BCUT2D eigenvalue weighted by molar-refractivity contribution is 5.69. The molecule has 11 unspecified atom stereocenters.